The van der Waals surface area contributed by atoms with Crippen LogP contribution in [0.3, 0.4) is 0 Å². The third-order valence-corrected chi connectivity index (χ3v) is 8.80. The molecule has 1 fully saturated rings. The van der Waals surface area contributed by atoms with Crippen LogP contribution in [0, 0.1) is 5.82 Å². The quantitative estimate of drug-likeness (QED) is 0.254. The molecule has 0 atom stereocenters. The molecule has 184 valence electrons. The zero-order chi connectivity index (χ0) is 25.1. The molecule has 0 bridgehead atoms. The number of thiazole rings is 1. The lowest BCUT2D eigenvalue weighted by atomic mass is 10.2. The Balaban J connectivity index is 1.47. The number of rotatable bonds is 6. The maximum atomic E-state index is 13.7. The molecule has 1 aromatic heterocycles. The first-order valence-electron chi connectivity index (χ1n) is 11.5. The minimum Gasteiger partial charge on any atom is -0.267 e. The van der Waals surface area contributed by atoms with Gasteiger partial charge in [-0.3, -0.25) is 4.79 Å². The van der Waals surface area contributed by atoms with Crippen LogP contribution in [0.25, 0.3) is 10.2 Å². The van der Waals surface area contributed by atoms with Crippen molar-refractivity contribution < 1.29 is 17.6 Å². The Kier molecular flexibility index (Phi) is 6.90. The summed E-state index contributed by atoms with van der Waals surface area (Å²) < 4.78 is 41.8. The number of hydrazone groups is 1. The molecular weight excluding hydrogens is 499 g/mol. The molecule has 0 saturated carbocycles. The molecule has 0 aliphatic carbocycles. The Morgan fingerprint density at radius 1 is 1.00 bits per heavy atom. The van der Waals surface area contributed by atoms with Crippen LogP contribution < -0.4 is 5.01 Å². The smallest absolute Gasteiger partial charge is 0.267 e. The van der Waals surface area contributed by atoms with Crippen molar-refractivity contribution in [1.29, 1.82) is 0 Å². The van der Waals surface area contributed by atoms with Gasteiger partial charge >= 0.3 is 0 Å². The van der Waals surface area contributed by atoms with Crippen molar-refractivity contribution in [3.05, 3.63) is 89.7 Å². The van der Waals surface area contributed by atoms with Gasteiger partial charge in [-0.1, -0.05) is 48.1 Å². The largest absolute Gasteiger partial charge is 0.280 e. The molecule has 0 radical (unpaired) electrons. The molecule has 1 aliphatic heterocycles. The fourth-order valence-electron chi connectivity index (χ4n) is 3.98. The van der Waals surface area contributed by atoms with E-state index >= 15 is 0 Å². The molecule has 0 unspecified atom stereocenters. The van der Waals surface area contributed by atoms with Gasteiger partial charge in [0.1, 0.15) is 5.82 Å². The molecule has 3 aromatic carbocycles. The summed E-state index contributed by atoms with van der Waals surface area (Å²) in [6.45, 7) is 1.01. The van der Waals surface area contributed by atoms with E-state index in [0.29, 0.717) is 23.3 Å². The Morgan fingerprint density at radius 3 is 2.44 bits per heavy atom. The number of halogens is 1. The van der Waals surface area contributed by atoms with Gasteiger partial charge in [-0.2, -0.15) is 14.4 Å². The molecule has 0 spiro atoms. The minimum atomic E-state index is -3.61. The topological polar surface area (TPSA) is 82.9 Å². The van der Waals surface area contributed by atoms with Gasteiger partial charge in [0.2, 0.25) is 15.2 Å². The van der Waals surface area contributed by atoms with Crippen molar-refractivity contribution in [3.63, 3.8) is 0 Å². The molecule has 5 rings (SSSR count). The van der Waals surface area contributed by atoms with Crippen LogP contribution in [-0.2, 0) is 10.0 Å². The molecule has 1 saturated heterocycles. The zero-order valence-electron chi connectivity index (χ0n) is 19.2. The second-order valence-electron chi connectivity index (χ2n) is 8.37. The van der Waals surface area contributed by atoms with E-state index in [2.05, 4.69) is 10.1 Å². The predicted molar refractivity (Wildman–Crippen MR) is 139 cm³/mol. The maximum Gasteiger partial charge on any atom is 0.280 e. The van der Waals surface area contributed by atoms with E-state index in [4.69, 9.17) is 0 Å². The molecule has 4 aromatic rings. The number of benzene rings is 3. The van der Waals surface area contributed by atoms with E-state index in [1.807, 2.05) is 30.3 Å². The third-order valence-electron chi connectivity index (χ3n) is 5.89. The molecule has 10 heteroatoms. The number of aromatic nitrogens is 1. The van der Waals surface area contributed by atoms with E-state index in [1.165, 1.54) is 40.7 Å². The molecule has 7 nitrogen and oxygen atoms in total. The first kappa shape index (κ1) is 24.2. The average Bonchev–Trinajstić information content (AvgIpc) is 3.32. The monoisotopic (exact) mass is 522 g/mol. The van der Waals surface area contributed by atoms with Crippen molar-refractivity contribution in [1.82, 2.24) is 9.29 Å². The number of hydrogen-bond donors (Lipinski definition) is 0. The summed E-state index contributed by atoms with van der Waals surface area (Å²) in [5.74, 6) is -0.877. The fraction of sp³-hybridized carbons (Fsp3) is 0.192. The summed E-state index contributed by atoms with van der Waals surface area (Å²) >= 11 is 1.14. The normalized spacial score (nSPS) is 14.9. The summed E-state index contributed by atoms with van der Waals surface area (Å²) in [6.07, 6.45) is 4.25. The SMILES string of the molecule is O=C(c1ccc(S(=O)(=O)N2CCCCC2)cc1)N(/N=C/c1ccccc1)c1nc2ccc(F)cc2s1. The van der Waals surface area contributed by atoms with Crippen LogP contribution in [0.5, 0.6) is 0 Å². The first-order chi connectivity index (χ1) is 17.4. The Labute approximate surface area is 212 Å². The summed E-state index contributed by atoms with van der Waals surface area (Å²) in [7, 11) is -3.61. The second-order valence-corrected chi connectivity index (χ2v) is 11.3. The predicted octanol–water partition coefficient (Wildman–Crippen LogP) is 5.29. The van der Waals surface area contributed by atoms with Crippen LogP contribution in [0.2, 0.25) is 0 Å². The molecule has 0 N–H and O–H groups in total. The maximum absolute atomic E-state index is 13.7. The Hall–Kier alpha value is -3.47. The lowest BCUT2D eigenvalue weighted by molar-refractivity contribution is 0.0987. The second kappa shape index (κ2) is 10.3. The summed E-state index contributed by atoms with van der Waals surface area (Å²) in [6, 6.07) is 19.4. The van der Waals surface area contributed by atoms with E-state index in [1.54, 1.807) is 12.3 Å². The number of carbonyl (C=O) groups is 1. The summed E-state index contributed by atoms with van der Waals surface area (Å²) in [5.41, 5.74) is 1.58. The van der Waals surface area contributed by atoms with Gasteiger partial charge in [0.15, 0.2) is 0 Å². The molecule has 1 amide bonds. The molecule has 36 heavy (non-hydrogen) atoms. The van der Waals surface area contributed by atoms with E-state index in [9.17, 15) is 17.6 Å². The van der Waals surface area contributed by atoms with Crippen molar-refractivity contribution in [2.24, 2.45) is 5.10 Å². The first-order valence-corrected chi connectivity index (χ1v) is 13.8. The van der Waals surface area contributed by atoms with Gasteiger partial charge < -0.3 is 0 Å². The number of carbonyl (C=O) groups excluding carboxylic acids is 1. The highest BCUT2D eigenvalue weighted by atomic mass is 32.2. The highest BCUT2D eigenvalue weighted by Crippen LogP contribution is 2.31. The lowest BCUT2D eigenvalue weighted by Crippen LogP contribution is -2.35. The van der Waals surface area contributed by atoms with Crippen molar-refractivity contribution >= 4 is 48.8 Å². The highest BCUT2D eigenvalue weighted by Gasteiger charge is 2.27. The number of sulfonamides is 1. The van der Waals surface area contributed by atoms with Gasteiger partial charge in [0.05, 0.1) is 21.3 Å². The average molecular weight is 523 g/mol. The Bertz CT molecular complexity index is 1510. The number of fused-ring (bicyclic) bond motifs is 1. The van der Waals surface area contributed by atoms with E-state index in [-0.39, 0.29) is 15.6 Å². The van der Waals surface area contributed by atoms with Gasteiger partial charge in [-0.25, -0.2) is 17.8 Å². The van der Waals surface area contributed by atoms with Gasteiger partial charge in [0, 0.05) is 18.7 Å². The number of amides is 1. The molecule has 2 heterocycles. The lowest BCUT2D eigenvalue weighted by Gasteiger charge is -2.25. The third kappa shape index (κ3) is 5.06. The van der Waals surface area contributed by atoms with Crippen LogP contribution in [-0.4, -0.2) is 42.9 Å². The number of hydrogen-bond acceptors (Lipinski definition) is 6. The van der Waals surface area contributed by atoms with Crippen molar-refractivity contribution in [2.75, 3.05) is 18.1 Å². The van der Waals surface area contributed by atoms with Crippen LogP contribution >= 0.6 is 11.3 Å². The zero-order valence-corrected chi connectivity index (χ0v) is 20.9. The fourth-order valence-corrected chi connectivity index (χ4v) is 6.44. The van der Waals surface area contributed by atoms with Crippen molar-refractivity contribution in [2.45, 2.75) is 24.2 Å². The van der Waals surface area contributed by atoms with Gasteiger partial charge in [0.25, 0.3) is 5.91 Å². The Morgan fingerprint density at radius 2 is 1.72 bits per heavy atom. The van der Waals surface area contributed by atoms with Crippen molar-refractivity contribution in [3.8, 4) is 0 Å². The summed E-state index contributed by atoms with van der Waals surface area (Å²) in [4.78, 5) is 18.1. The minimum absolute atomic E-state index is 0.149. The number of anilines is 1. The standard InChI is InChI=1S/C26H23FN4O3S2/c27-21-11-14-23-24(17-21)35-26(29-23)31(28-18-19-7-3-1-4-8-19)25(32)20-9-12-22(13-10-20)36(33,34)30-15-5-2-6-16-30/h1,3-4,7-14,17-18H,2,5-6,15-16H2/b28-18+. The van der Waals surface area contributed by atoms with Gasteiger partial charge in [-0.15, -0.1) is 0 Å². The highest BCUT2D eigenvalue weighted by molar-refractivity contribution is 7.89. The van der Waals surface area contributed by atoms with Crippen LogP contribution in [0.15, 0.2) is 82.8 Å². The summed E-state index contributed by atoms with van der Waals surface area (Å²) in [5, 5.41) is 5.82. The van der Waals surface area contributed by atoms with Gasteiger partial charge in [-0.05, 0) is 60.9 Å². The number of piperidine rings is 1. The molecular formula is C26H23FN4O3S2. The van der Waals surface area contributed by atoms with E-state index in [0.717, 1.165) is 41.2 Å². The van der Waals surface area contributed by atoms with E-state index < -0.39 is 21.7 Å². The number of nitrogens with zero attached hydrogens (tertiary/aromatic N) is 4. The van der Waals surface area contributed by atoms with Crippen LogP contribution in [0.4, 0.5) is 9.52 Å². The van der Waals surface area contributed by atoms with Crippen LogP contribution in [0.1, 0.15) is 35.2 Å². The molecule has 1 aliphatic rings.